The van der Waals surface area contributed by atoms with E-state index in [1.54, 1.807) is 12.1 Å². The van der Waals surface area contributed by atoms with Crippen LogP contribution in [0.2, 0.25) is 5.02 Å². The normalized spacial score (nSPS) is 17.8. The molecule has 3 N–H and O–H groups in total. The smallest absolute Gasteiger partial charge is 0.307 e. The van der Waals surface area contributed by atoms with E-state index in [0.717, 1.165) is 30.4 Å². The van der Waals surface area contributed by atoms with Crippen LogP contribution in [0.1, 0.15) is 34.8 Å². The van der Waals surface area contributed by atoms with Crippen LogP contribution in [0, 0.1) is 0 Å². The summed E-state index contributed by atoms with van der Waals surface area (Å²) < 4.78 is 0. The van der Waals surface area contributed by atoms with Gasteiger partial charge in [-0.2, -0.15) is 0 Å². The van der Waals surface area contributed by atoms with Crippen LogP contribution >= 0.6 is 11.6 Å². The maximum Gasteiger partial charge on any atom is 0.307 e. The van der Waals surface area contributed by atoms with E-state index in [0.29, 0.717) is 11.6 Å². The van der Waals surface area contributed by atoms with Crippen LogP contribution in [0.3, 0.4) is 0 Å². The molecule has 25 heavy (non-hydrogen) atoms. The predicted molar refractivity (Wildman–Crippen MR) is 98.0 cm³/mol. The quantitative estimate of drug-likeness (QED) is 0.741. The van der Waals surface area contributed by atoms with E-state index < -0.39 is 12.1 Å². The Morgan fingerprint density at radius 2 is 2.08 bits per heavy atom. The van der Waals surface area contributed by atoms with Crippen molar-refractivity contribution < 1.29 is 15.0 Å². The van der Waals surface area contributed by atoms with E-state index in [1.165, 1.54) is 11.1 Å². The van der Waals surface area contributed by atoms with Crippen molar-refractivity contribution in [1.29, 1.82) is 0 Å². The number of aliphatic carboxylic acids is 1. The Kier molecular flexibility index (Phi) is 5.74. The second-order valence-corrected chi connectivity index (χ2v) is 7.03. The molecule has 0 heterocycles. The molecule has 1 aliphatic rings. The van der Waals surface area contributed by atoms with Gasteiger partial charge in [0.25, 0.3) is 0 Å². The molecular formula is C20H22ClNO3. The van der Waals surface area contributed by atoms with Gasteiger partial charge < -0.3 is 15.5 Å². The molecule has 0 spiro atoms. The molecule has 3 rings (SSSR count). The minimum Gasteiger partial charge on any atom is -0.481 e. The Labute approximate surface area is 152 Å². The highest BCUT2D eigenvalue weighted by atomic mass is 35.5. The standard InChI is InChI=1S/C20H22ClNO3/c21-17-3-1-2-15(10-17)19(23)12-22-18-7-6-14-5-4-13(9-20(24)25)8-16(14)11-18/h1-5,8,10,18-19,22-23H,6-7,9,11-12H2,(H,24,25). The lowest BCUT2D eigenvalue weighted by atomic mass is 9.86. The van der Waals surface area contributed by atoms with E-state index in [1.807, 2.05) is 30.3 Å². The van der Waals surface area contributed by atoms with Gasteiger partial charge in [0.15, 0.2) is 0 Å². The number of aliphatic hydroxyl groups is 1. The molecule has 0 aliphatic heterocycles. The van der Waals surface area contributed by atoms with Crippen LogP contribution in [0.4, 0.5) is 0 Å². The topological polar surface area (TPSA) is 69.6 Å². The van der Waals surface area contributed by atoms with Crippen LogP contribution in [0.5, 0.6) is 0 Å². The Morgan fingerprint density at radius 1 is 1.24 bits per heavy atom. The van der Waals surface area contributed by atoms with E-state index >= 15 is 0 Å². The lowest BCUT2D eigenvalue weighted by molar-refractivity contribution is -0.136. The van der Waals surface area contributed by atoms with Gasteiger partial charge in [0.1, 0.15) is 0 Å². The first-order valence-corrected chi connectivity index (χ1v) is 8.88. The Morgan fingerprint density at radius 3 is 2.84 bits per heavy atom. The minimum atomic E-state index is -0.810. The molecule has 0 saturated carbocycles. The number of benzene rings is 2. The molecule has 0 radical (unpaired) electrons. The largest absolute Gasteiger partial charge is 0.481 e. The van der Waals surface area contributed by atoms with Crippen molar-refractivity contribution in [3.63, 3.8) is 0 Å². The Hall–Kier alpha value is -1.88. The lowest BCUT2D eigenvalue weighted by Crippen LogP contribution is -2.37. The number of nitrogens with one attached hydrogen (secondary N) is 1. The molecule has 5 heteroatoms. The fourth-order valence-corrected chi connectivity index (χ4v) is 3.58. The first-order valence-electron chi connectivity index (χ1n) is 8.50. The second-order valence-electron chi connectivity index (χ2n) is 6.59. The van der Waals surface area contributed by atoms with Crippen LogP contribution in [-0.2, 0) is 24.1 Å². The van der Waals surface area contributed by atoms with E-state index in [4.69, 9.17) is 16.7 Å². The van der Waals surface area contributed by atoms with Crippen molar-refractivity contribution in [2.24, 2.45) is 0 Å². The number of aryl methyl sites for hydroxylation is 1. The highest BCUT2D eigenvalue weighted by Crippen LogP contribution is 2.24. The number of carboxylic acids is 1. The fraction of sp³-hybridized carbons (Fsp3) is 0.350. The highest BCUT2D eigenvalue weighted by molar-refractivity contribution is 6.30. The molecule has 4 nitrogen and oxygen atoms in total. The molecule has 2 aromatic carbocycles. The third-order valence-corrected chi connectivity index (χ3v) is 4.92. The number of hydrogen-bond acceptors (Lipinski definition) is 3. The molecule has 0 aromatic heterocycles. The average Bonchev–Trinajstić information content (AvgIpc) is 2.58. The number of hydrogen-bond donors (Lipinski definition) is 3. The zero-order valence-electron chi connectivity index (χ0n) is 13.9. The summed E-state index contributed by atoms with van der Waals surface area (Å²) in [5.74, 6) is -0.810. The number of halogens is 1. The van der Waals surface area contributed by atoms with Gasteiger partial charge in [0.05, 0.1) is 12.5 Å². The number of fused-ring (bicyclic) bond motifs is 1. The molecule has 0 saturated heterocycles. The Bertz CT molecular complexity index is 762. The van der Waals surface area contributed by atoms with Gasteiger partial charge in [-0.25, -0.2) is 0 Å². The van der Waals surface area contributed by atoms with Crippen molar-refractivity contribution in [2.45, 2.75) is 37.8 Å². The van der Waals surface area contributed by atoms with E-state index in [-0.39, 0.29) is 12.5 Å². The van der Waals surface area contributed by atoms with Gasteiger partial charge in [0.2, 0.25) is 0 Å². The summed E-state index contributed by atoms with van der Waals surface area (Å²) in [4.78, 5) is 10.9. The summed E-state index contributed by atoms with van der Waals surface area (Å²) in [6.07, 6.45) is 2.28. The van der Waals surface area contributed by atoms with Gasteiger partial charge in [-0.15, -0.1) is 0 Å². The molecule has 1 aliphatic carbocycles. The summed E-state index contributed by atoms with van der Waals surface area (Å²) >= 11 is 5.97. The summed E-state index contributed by atoms with van der Waals surface area (Å²) in [7, 11) is 0. The number of aliphatic hydroxyl groups excluding tert-OH is 1. The van der Waals surface area contributed by atoms with Crippen LogP contribution in [-0.4, -0.2) is 28.8 Å². The first kappa shape index (κ1) is 17.9. The summed E-state index contributed by atoms with van der Waals surface area (Å²) in [6.45, 7) is 0.467. The average molecular weight is 360 g/mol. The summed E-state index contributed by atoms with van der Waals surface area (Å²) in [6, 6.07) is 13.5. The van der Waals surface area contributed by atoms with Crippen molar-refractivity contribution >= 4 is 17.6 Å². The molecule has 2 unspecified atom stereocenters. The molecule has 0 bridgehead atoms. The maximum absolute atomic E-state index is 10.9. The second kappa shape index (κ2) is 8.00. The van der Waals surface area contributed by atoms with Crippen molar-refractivity contribution in [1.82, 2.24) is 5.32 Å². The number of rotatable bonds is 6. The highest BCUT2D eigenvalue weighted by Gasteiger charge is 2.20. The zero-order valence-corrected chi connectivity index (χ0v) is 14.7. The van der Waals surface area contributed by atoms with E-state index in [9.17, 15) is 9.90 Å². The molecule has 0 fully saturated rings. The van der Waals surface area contributed by atoms with Crippen molar-refractivity contribution in [2.75, 3.05) is 6.54 Å². The monoisotopic (exact) mass is 359 g/mol. The zero-order chi connectivity index (χ0) is 17.8. The molecule has 132 valence electrons. The van der Waals surface area contributed by atoms with Crippen LogP contribution in [0.25, 0.3) is 0 Å². The van der Waals surface area contributed by atoms with E-state index in [2.05, 4.69) is 5.32 Å². The summed E-state index contributed by atoms with van der Waals surface area (Å²) in [5, 5.41) is 23.3. The Balaban J connectivity index is 1.59. The van der Waals surface area contributed by atoms with Crippen LogP contribution in [0.15, 0.2) is 42.5 Å². The van der Waals surface area contributed by atoms with Crippen molar-refractivity contribution in [3.05, 3.63) is 69.7 Å². The first-order chi connectivity index (χ1) is 12.0. The summed E-state index contributed by atoms with van der Waals surface area (Å²) in [5.41, 5.74) is 4.15. The molecular weight excluding hydrogens is 338 g/mol. The minimum absolute atomic E-state index is 0.0544. The molecule has 2 atom stereocenters. The number of carbonyl (C=O) groups is 1. The van der Waals surface area contributed by atoms with Gasteiger partial charge in [-0.1, -0.05) is 41.9 Å². The predicted octanol–water partition coefficient (Wildman–Crippen LogP) is 3.15. The maximum atomic E-state index is 10.9. The van der Waals surface area contributed by atoms with Crippen molar-refractivity contribution in [3.8, 4) is 0 Å². The van der Waals surface area contributed by atoms with Gasteiger partial charge >= 0.3 is 5.97 Å². The van der Waals surface area contributed by atoms with Gasteiger partial charge in [-0.05, 0) is 53.6 Å². The lowest BCUT2D eigenvalue weighted by Gasteiger charge is -2.27. The fourth-order valence-electron chi connectivity index (χ4n) is 3.38. The van der Waals surface area contributed by atoms with Crippen LogP contribution < -0.4 is 5.32 Å². The number of carboxylic acid groups (broad SMARTS) is 1. The molecule has 2 aromatic rings. The van der Waals surface area contributed by atoms with Gasteiger partial charge in [-0.3, -0.25) is 4.79 Å². The third kappa shape index (κ3) is 4.82. The SMILES string of the molecule is O=C(O)Cc1ccc2c(c1)CC(NCC(O)c1cccc(Cl)c1)CC2. The third-order valence-electron chi connectivity index (χ3n) is 4.69. The molecule has 0 amide bonds. The van der Waals surface area contributed by atoms with Gasteiger partial charge in [0, 0.05) is 17.6 Å².